The molecule has 224 valence electrons. The lowest BCUT2D eigenvalue weighted by Crippen LogP contribution is -2.34. The number of alkyl carbamates (subject to hydrolysis) is 1. The third kappa shape index (κ3) is 9.11. The second-order valence-electron chi connectivity index (χ2n) is 10.6. The minimum absolute atomic E-state index is 0.0282. The van der Waals surface area contributed by atoms with Crippen LogP contribution in [0.1, 0.15) is 65.8 Å². The van der Waals surface area contributed by atoms with E-state index in [0.717, 1.165) is 23.0 Å². The van der Waals surface area contributed by atoms with Crippen molar-refractivity contribution in [2.24, 2.45) is 0 Å². The number of benzene rings is 2. The van der Waals surface area contributed by atoms with Crippen LogP contribution in [0.3, 0.4) is 0 Å². The predicted octanol–water partition coefficient (Wildman–Crippen LogP) is 3.21. The van der Waals surface area contributed by atoms with Gasteiger partial charge in [-0.3, -0.25) is 9.59 Å². The van der Waals surface area contributed by atoms with Crippen molar-refractivity contribution in [2.75, 3.05) is 6.54 Å². The second-order valence-corrected chi connectivity index (χ2v) is 10.6. The Kier molecular flexibility index (Phi) is 9.70. The Morgan fingerprint density at radius 1 is 0.953 bits per heavy atom. The number of tetrazole rings is 1. The zero-order chi connectivity index (χ0) is 31.0. The minimum atomic E-state index is -0.583. The van der Waals surface area contributed by atoms with Gasteiger partial charge in [-0.25, -0.2) is 19.2 Å². The van der Waals surface area contributed by atoms with Gasteiger partial charge < -0.3 is 20.7 Å². The second kappa shape index (κ2) is 13.6. The van der Waals surface area contributed by atoms with E-state index in [0.29, 0.717) is 12.4 Å². The maximum atomic E-state index is 13.1. The summed E-state index contributed by atoms with van der Waals surface area (Å²) in [4.78, 5) is 46.5. The lowest BCUT2D eigenvalue weighted by atomic mass is 10.1. The molecule has 14 heteroatoms. The summed E-state index contributed by atoms with van der Waals surface area (Å²) in [6.07, 6.45) is 0.628. The van der Waals surface area contributed by atoms with E-state index in [1.807, 2.05) is 31.2 Å². The molecule has 0 unspecified atom stereocenters. The summed E-state index contributed by atoms with van der Waals surface area (Å²) in [7, 11) is 0. The monoisotopic (exact) mass is 589 g/mol. The Morgan fingerprint density at radius 3 is 2.30 bits per heavy atom. The van der Waals surface area contributed by atoms with Gasteiger partial charge in [-0.05, 0) is 56.2 Å². The van der Waals surface area contributed by atoms with E-state index in [1.54, 1.807) is 32.9 Å². The molecular formula is C29H32FN9O4. The number of carbonyl (C=O) groups excluding carboxylic acids is 3. The van der Waals surface area contributed by atoms with Crippen molar-refractivity contribution in [3.63, 3.8) is 0 Å². The molecule has 0 radical (unpaired) electrons. The Bertz CT molecular complexity index is 1570. The van der Waals surface area contributed by atoms with Gasteiger partial charge in [-0.1, -0.05) is 36.4 Å². The molecule has 2 aromatic carbocycles. The van der Waals surface area contributed by atoms with Crippen LogP contribution in [0.5, 0.6) is 0 Å². The van der Waals surface area contributed by atoms with Gasteiger partial charge in [0.05, 0.1) is 12.6 Å². The molecule has 2 aromatic heterocycles. The van der Waals surface area contributed by atoms with Gasteiger partial charge in [-0.2, -0.15) is 4.80 Å². The minimum Gasteiger partial charge on any atom is -0.444 e. The average Bonchev–Trinajstić information content (AvgIpc) is 3.45. The van der Waals surface area contributed by atoms with Crippen LogP contribution < -0.4 is 16.0 Å². The fourth-order valence-corrected chi connectivity index (χ4v) is 3.78. The van der Waals surface area contributed by atoms with Gasteiger partial charge in [0.25, 0.3) is 11.8 Å². The lowest BCUT2D eigenvalue weighted by molar-refractivity contribution is 0.0524. The molecule has 0 bridgehead atoms. The van der Waals surface area contributed by atoms with Crippen LogP contribution in [0.25, 0.3) is 11.4 Å². The van der Waals surface area contributed by atoms with Gasteiger partial charge in [0.1, 0.15) is 29.1 Å². The van der Waals surface area contributed by atoms with Crippen LogP contribution in [0.2, 0.25) is 0 Å². The Morgan fingerprint density at radius 2 is 1.63 bits per heavy atom. The number of hydrogen-bond donors (Lipinski definition) is 3. The van der Waals surface area contributed by atoms with Crippen molar-refractivity contribution >= 4 is 17.9 Å². The number of halogens is 1. The number of nitrogens with one attached hydrogen (secondary N) is 3. The van der Waals surface area contributed by atoms with Crippen LogP contribution >= 0.6 is 0 Å². The van der Waals surface area contributed by atoms with Crippen molar-refractivity contribution in [2.45, 2.75) is 52.4 Å². The fourth-order valence-electron chi connectivity index (χ4n) is 3.78. The van der Waals surface area contributed by atoms with Crippen LogP contribution in [0, 0.1) is 5.82 Å². The fraction of sp³-hybridized carbons (Fsp3) is 0.310. The summed E-state index contributed by atoms with van der Waals surface area (Å²) in [5.74, 6) is -0.923. The van der Waals surface area contributed by atoms with E-state index in [1.165, 1.54) is 23.0 Å². The molecule has 0 saturated heterocycles. The summed E-state index contributed by atoms with van der Waals surface area (Å²) in [5.41, 5.74) is 1.74. The zero-order valence-electron chi connectivity index (χ0n) is 24.2. The Hall–Kier alpha value is -5.27. The summed E-state index contributed by atoms with van der Waals surface area (Å²) in [6.45, 7) is 7.94. The molecule has 0 aliphatic rings. The smallest absolute Gasteiger partial charge is 0.407 e. The van der Waals surface area contributed by atoms with E-state index in [4.69, 9.17) is 4.74 Å². The highest BCUT2D eigenvalue weighted by Gasteiger charge is 2.18. The number of rotatable bonds is 10. The van der Waals surface area contributed by atoms with Crippen molar-refractivity contribution < 1.29 is 23.5 Å². The van der Waals surface area contributed by atoms with E-state index in [-0.39, 0.29) is 36.3 Å². The van der Waals surface area contributed by atoms with E-state index >= 15 is 0 Å². The van der Waals surface area contributed by atoms with Crippen LogP contribution in [-0.2, 0) is 17.8 Å². The molecule has 4 rings (SSSR count). The maximum absolute atomic E-state index is 13.1. The molecule has 3 N–H and O–H groups in total. The first-order valence-electron chi connectivity index (χ1n) is 13.5. The topological polar surface area (TPSA) is 166 Å². The first kappa shape index (κ1) is 30.7. The molecule has 3 amide bonds. The third-order valence-corrected chi connectivity index (χ3v) is 5.95. The molecule has 4 aromatic rings. The van der Waals surface area contributed by atoms with Gasteiger partial charge in [0.15, 0.2) is 0 Å². The summed E-state index contributed by atoms with van der Waals surface area (Å²) in [5, 5.41) is 20.6. The van der Waals surface area contributed by atoms with E-state index in [2.05, 4.69) is 41.3 Å². The quantitative estimate of drug-likeness (QED) is 0.252. The third-order valence-electron chi connectivity index (χ3n) is 5.95. The van der Waals surface area contributed by atoms with Crippen LogP contribution in [-0.4, -0.2) is 60.2 Å². The molecule has 1 atom stereocenters. The number of hydrogen-bond acceptors (Lipinski definition) is 9. The Labute approximate surface area is 247 Å². The normalized spacial score (nSPS) is 11.8. The van der Waals surface area contributed by atoms with Crippen molar-refractivity contribution in [1.82, 2.24) is 46.1 Å². The molecule has 0 fully saturated rings. The average molecular weight is 590 g/mol. The standard InChI is InChI=1S/C29H32FN9O4/c1-18(35-27(41)24-15-23(33-17-34-24)26(40)32-16-19-5-11-22(30)12-6-19)20-7-9-21(10-8-20)25-36-38-39(37-25)14-13-31-28(42)43-29(2,3)4/h5-12,15,17-18H,13-14,16H2,1-4H3,(H,31,42)(H,32,40)(H,35,41)/t18-/m0/s1. The molecule has 0 aliphatic heterocycles. The molecule has 0 spiro atoms. The summed E-state index contributed by atoms with van der Waals surface area (Å²) in [6, 6.07) is 14.0. The summed E-state index contributed by atoms with van der Waals surface area (Å²) < 4.78 is 18.3. The SMILES string of the molecule is C[C@H](NC(=O)c1cc(C(=O)NCc2ccc(F)cc2)ncn1)c1ccc(-c2nnn(CCNC(=O)OC(C)(C)C)n2)cc1. The molecule has 43 heavy (non-hydrogen) atoms. The largest absolute Gasteiger partial charge is 0.444 e. The van der Waals surface area contributed by atoms with E-state index < -0.39 is 23.5 Å². The molecule has 0 aliphatic carbocycles. The first-order chi connectivity index (χ1) is 20.5. The van der Waals surface area contributed by atoms with Crippen molar-refractivity contribution in [1.29, 1.82) is 0 Å². The van der Waals surface area contributed by atoms with Gasteiger partial charge in [0.2, 0.25) is 5.82 Å². The van der Waals surface area contributed by atoms with Gasteiger partial charge in [-0.15, -0.1) is 10.2 Å². The van der Waals surface area contributed by atoms with Crippen LogP contribution in [0.15, 0.2) is 60.9 Å². The maximum Gasteiger partial charge on any atom is 0.407 e. The van der Waals surface area contributed by atoms with Crippen LogP contribution in [0.4, 0.5) is 9.18 Å². The number of carbonyl (C=O) groups is 3. The Balaban J connectivity index is 1.29. The highest BCUT2D eigenvalue weighted by Crippen LogP contribution is 2.19. The number of amides is 3. The summed E-state index contributed by atoms with van der Waals surface area (Å²) >= 11 is 0. The zero-order valence-corrected chi connectivity index (χ0v) is 24.2. The number of nitrogens with zero attached hydrogens (tertiary/aromatic N) is 6. The first-order valence-corrected chi connectivity index (χ1v) is 13.5. The van der Waals surface area contributed by atoms with Gasteiger partial charge in [0, 0.05) is 24.7 Å². The molecule has 0 saturated carbocycles. The molecule has 13 nitrogen and oxygen atoms in total. The highest BCUT2D eigenvalue weighted by molar-refractivity contribution is 5.97. The predicted molar refractivity (Wildman–Crippen MR) is 153 cm³/mol. The van der Waals surface area contributed by atoms with Gasteiger partial charge >= 0.3 is 6.09 Å². The highest BCUT2D eigenvalue weighted by atomic mass is 19.1. The number of aromatic nitrogens is 6. The van der Waals surface area contributed by atoms with Crippen molar-refractivity contribution in [3.05, 3.63) is 89.3 Å². The van der Waals surface area contributed by atoms with Crippen molar-refractivity contribution in [3.8, 4) is 11.4 Å². The lowest BCUT2D eigenvalue weighted by Gasteiger charge is -2.19. The molecule has 2 heterocycles. The van der Waals surface area contributed by atoms with E-state index in [9.17, 15) is 18.8 Å². The number of ether oxygens (including phenoxy) is 1. The molecular weight excluding hydrogens is 557 g/mol.